The molecule has 4 N–H and O–H groups in total. The molecule has 0 spiro atoms. The summed E-state index contributed by atoms with van der Waals surface area (Å²) in [6.45, 7) is 2.36. The molecule has 0 aromatic carbocycles. The largest absolute Gasteiger partial charge is 0.480 e. The van der Waals surface area contributed by atoms with Crippen LogP contribution in [0.25, 0.3) is 0 Å². The number of phosphoric acid groups is 1. The van der Waals surface area contributed by atoms with Gasteiger partial charge in [-0.05, 0) is 77.0 Å². The van der Waals surface area contributed by atoms with E-state index in [0.29, 0.717) is 25.7 Å². The molecule has 11 nitrogen and oxygen atoms in total. The van der Waals surface area contributed by atoms with Gasteiger partial charge in [0.25, 0.3) is 0 Å². The zero-order chi connectivity index (χ0) is 44.2. The van der Waals surface area contributed by atoms with E-state index in [2.05, 4.69) is 97.4 Å². The fraction of sp³-hybridized carbons (Fsp3) is 0.438. The number of carbonyl (C=O) groups excluding carboxylic acids is 2. The summed E-state index contributed by atoms with van der Waals surface area (Å²) in [4.78, 5) is 45.8. The van der Waals surface area contributed by atoms with E-state index in [1.54, 1.807) is 0 Å². The first-order chi connectivity index (χ1) is 29.1. The number of carboxylic acid groups (broad SMARTS) is 1. The maximum Gasteiger partial charge on any atom is 0.472 e. The van der Waals surface area contributed by atoms with Crippen molar-refractivity contribution in [1.29, 1.82) is 0 Å². The van der Waals surface area contributed by atoms with Crippen LogP contribution in [0.2, 0.25) is 0 Å². The first-order valence-corrected chi connectivity index (χ1v) is 22.4. The molecule has 2 unspecified atom stereocenters. The van der Waals surface area contributed by atoms with Crippen LogP contribution < -0.4 is 5.73 Å². The molecule has 60 heavy (non-hydrogen) atoms. The predicted molar refractivity (Wildman–Crippen MR) is 244 cm³/mol. The summed E-state index contributed by atoms with van der Waals surface area (Å²) in [5.41, 5.74) is 5.31. The second-order valence-electron chi connectivity index (χ2n) is 13.1. The Morgan fingerprint density at radius 1 is 0.533 bits per heavy atom. The summed E-state index contributed by atoms with van der Waals surface area (Å²) in [5, 5.41) is 8.88. The van der Waals surface area contributed by atoms with Crippen LogP contribution in [0.3, 0.4) is 0 Å². The van der Waals surface area contributed by atoms with Crippen LogP contribution in [0.4, 0.5) is 0 Å². The highest BCUT2D eigenvalue weighted by Gasteiger charge is 2.28. The van der Waals surface area contributed by atoms with Gasteiger partial charge in [0.1, 0.15) is 12.6 Å². The number of aliphatic carboxylic acids is 1. The topological polar surface area (TPSA) is 172 Å². The summed E-state index contributed by atoms with van der Waals surface area (Å²) < 4.78 is 32.5. The lowest BCUT2D eigenvalue weighted by atomic mass is 10.2. The zero-order valence-corrected chi connectivity index (χ0v) is 36.6. The van der Waals surface area contributed by atoms with Crippen LogP contribution in [-0.2, 0) is 37.5 Å². The molecule has 0 aliphatic heterocycles. The number of phosphoric ester groups is 1. The summed E-state index contributed by atoms with van der Waals surface area (Å²) in [7, 11) is -4.76. The maximum absolute atomic E-state index is 12.6. The van der Waals surface area contributed by atoms with E-state index in [4.69, 9.17) is 24.8 Å². The van der Waals surface area contributed by atoms with Crippen molar-refractivity contribution in [3.63, 3.8) is 0 Å². The number of carbonyl (C=O) groups is 3. The summed E-state index contributed by atoms with van der Waals surface area (Å²) in [6, 6.07) is -1.55. The molecular weight excluding hydrogens is 781 g/mol. The van der Waals surface area contributed by atoms with Gasteiger partial charge in [0, 0.05) is 12.8 Å². The van der Waals surface area contributed by atoms with Gasteiger partial charge in [-0.15, -0.1) is 0 Å². The van der Waals surface area contributed by atoms with Crippen molar-refractivity contribution in [3.05, 3.63) is 146 Å². The number of rotatable bonds is 36. The van der Waals surface area contributed by atoms with Crippen molar-refractivity contribution in [1.82, 2.24) is 0 Å². The number of carboxylic acids is 1. The molecule has 332 valence electrons. The standard InChI is InChI=1S/C48H70NO10P/c1-3-5-7-9-11-13-15-17-18-19-20-21-22-23-24-25-26-28-29-31-33-35-37-39-46(50)56-41-44(42-57-60(54,55)58-43-45(49)48(52)53)59-47(51)40-38-36-34-32-30-27-16-14-12-10-8-6-4-2/h5-8,10-14,16-18,20-21,23-24,26-28,30-34,44-45H,3-4,9,15,19,22,25,29,35-43,49H2,1-2H3,(H,52,53)(H,54,55)/b7-5+,8-6+,12-10+,13-11+,16-14+,18-17+,21-20+,24-23+,28-26+,30-27+,33-31+,34-32+/t44?,45-/m0/s1. The van der Waals surface area contributed by atoms with Crippen LogP contribution in [-0.4, -0.2) is 59.9 Å². The first kappa shape index (κ1) is 55.4. The van der Waals surface area contributed by atoms with Crippen molar-refractivity contribution in [2.45, 2.75) is 116 Å². The average Bonchev–Trinajstić information content (AvgIpc) is 3.22. The van der Waals surface area contributed by atoms with Gasteiger partial charge in [-0.25, -0.2) is 4.57 Å². The molecule has 0 bridgehead atoms. The minimum atomic E-state index is -4.76. The molecule has 3 atom stereocenters. The Morgan fingerprint density at radius 2 is 0.933 bits per heavy atom. The van der Waals surface area contributed by atoms with Crippen LogP contribution >= 0.6 is 7.82 Å². The molecule has 0 amide bonds. The maximum atomic E-state index is 12.6. The van der Waals surface area contributed by atoms with E-state index in [1.807, 2.05) is 66.8 Å². The third-order valence-electron chi connectivity index (χ3n) is 7.71. The average molecular weight is 852 g/mol. The van der Waals surface area contributed by atoms with E-state index >= 15 is 0 Å². The molecule has 12 heteroatoms. The Balaban J connectivity index is 4.57. The molecule has 0 aliphatic rings. The molecule has 0 rings (SSSR count). The minimum Gasteiger partial charge on any atom is -0.480 e. The lowest BCUT2D eigenvalue weighted by molar-refractivity contribution is -0.161. The van der Waals surface area contributed by atoms with Gasteiger partial charge in [0.05, 0.1) is 13.2 Å². The van der Waals surface area contributed by atoms with Crippen molar-refractivity contribution < 1.29 is 47.5 Å². The number of ether oxygens (including phenoxy) is 2. The Bertz CT molecular complexity index is 1560. The van der Waals surface area contributed by atoms with E-state index in [-0.39, 0.29) is 12.8 Å². The molecule has 0 aromatic rings. The third-order valence-corrected chi connectivity index (χ3v) is 8.66. The summed E-state index contributed by atoms with van der Waals surface area (Å²) in [6.07, 6.45) is 58.0. The smallest absolute Gasteiger partial charge is 0.472 e. The Hall–Kier alpha value is -4.64. The second kappa shape index (κ2) is 41.1. The number of allylic oxidation sites excluding steroid dienone is 24. The van der Waals surface area contributed by atoms with Crippen molar-refractivity contribution in [3.8, 4) is 0 Å². The lowest BCUT2D eigenvalue weighted by Crippen LogP contribution is -2.34. The molecule has 0 heterocycles. The molecule has 0 radical (unpaired) electrons. The molecule has 0 aliphatic carbocycles. The van der Waals surface area contributed by atoms with Gasteiger partial charge in [0.15, 0.2) is 6.10 Å². The van der Waals surface area contributed by atoms with Gasteiger partial charge in [0.2, 0.25) is 0 Å². The van der Waals surface area contributed by atoms with Gasteiger partial charge >= 0.3 is 25.7 Å². The summed E-state index contributed by atoms with van der Waals surface area (Å²) in [5.74, 6) is -2.58. The fourth-order valence-corrected chi connectivity index (χ4v) is 5.27. The number of unbranched alkanes of at least 4 members (excludes halogenated alkanes) is 2. The van der Waals surface area contributed by atoms with E-state index in [9.17, 15) is 23.8 Å². The fourth-order valence-electron chi connectivity index (χ4n) is 4.49. The highest BCUT2D eigenvalue weighted by Crippen LogP contribution is 2.43. The normalized spacial score (nSPS) is 15.1. The monoisotopic (exact) mass is 851 g/mol. The Kier molecular flexibility index (Phi) is 37.9. The van der Waals surface area contributed by atoms with Crippen LogP contribution in [0, 0.1) is 0 Å². The molecule has 0 saturated carbocycles. The highest BCUT2D eigenvalue weighted by atomic mass is 31.2. The second-order valence-corrected chi connectivity index (χ2v) is 14.6. The summed E-state index contributed by atoms with van der Waals surface area (Å²) >= 11 is 0. The van der Waals surface area contributed by atoms with E-state index in [0.717, 1.165) is 51.4 Å². The SMILES string of the molecule is CC/C=C/C=C/C=C/C=C/C=C/CCCC(=O)OC(COC(=O)CCC/C=C/C/C=C/C/C=C/C/C=C/C/C=C/C/C=C/C/C=C/CC)COP(=O)(O)OC[C@H](N)C(=O)O. The minimum absolute atomic E-state index is 0.0418. The van der Waals surface area contributed by atoms with Gasteiger partial charge in [-0.2, -0.15) is 0 Å². The number of hydrogen-bond acceptors (Lipinski definition) is 9. The highest BCUT2D eigenvalue weighted by molar-refractivity contribution is 7.47. The van der Waals surface area contributed by atoms with Gasteiger partial charge < -0.3 is 25.2 Å². The number of esters is 2. The van der Waals surface area contributed by atoms with Crippen LogP contribution in [0.5, 0.6) is 0 Å². The Morgan fingerprint density at radius 3 is 1.42 bits per heavy atom. The molecule has 0 aromatic heterocycles. The van der Waals surface area contributed by atoms with Gasteiger partial charge in [-0.3, -0.25) is 23.4 Å². The molecular formula is C48H70NO10P. The van der Waals surface area contributed by atoms with Crippen molar-refractivity contribution in [2.75, 3.05) is 19.8 Å². The quantitative estimate of drug-likeness (QED) is 0.0180. The third kappa shape index (κ3) is 40.2. The van der Waals surface area contributed by atoms with E-state index in [1.165, 1.54) is 0 Å². The van der Waals surface area contributed by atoms with Crippen molar-refractivity contribution >= 4 is 25.7 Å². The predicted octanol–water partition coefficient (Wildman–Crippen LogP) is 11.2. The number of nitrogens with two attached hydrogens (primary N) is 1. The van der Waals surface area contributed by atoms with Gasteiger partial charge in [-0.1, -0.05) is 160 Å². The van der Waals surface area contributed by atoms with Crippen molar-refractivity contribution in [2.24, 2.45) is 5.73 Å². The first-order valence-electron chi connectivity index (χ1n) is 20.9. The zero-order valence-electron chi connectivity index (χ0n) is 35.7. The van der Waals surface area contributed by atoms with Crippen LogP contribution in [0.15, 0.2) is 146 Å². The van der Waals surface area contributed by atoms with E-state index < -0.39 is 57.7 Å². The van der Waals surface area contributed by atoms with Crippen LogP contribution in [0.1, 0.15) is 104 Å². The lowest BCUT2D eigenvalue weighted by Gasteiger charge is -2.20. The Labute approximate surface area is 359 Å². The number of hydrogen-bond donors (Lipinski definition) is 3. The molecule has 0 saturated heterocycles. The molecule has 0 fully saturated rings.